The van der Waals surface area contributed by atoms with Crippen molar-refractivity contribution in [2.24, 2.45) is 0 Å². The lowest BCUT2D eigenvalue weighted by Crippen LogP contribution is -2.28. The van der Waals surface area contributed by atoms with Gasteiger partial charge in [-0.05, 0) is 66.0 Å². The Morgan fingerprint density at radius 2 is 1.69 bits per heavy atom. The van der Waals surface area contributed by atoms with Crippen LogP contribution in [0.3, 0.4) is 0 Å². The predicted molar refractivity (Wildman–Crippen MR) is 143 cm³/mol. The molecule has 0 atom stereocenters. The van der Waals surface area contributed by atoms with Crippen molar-refractivity contribution in [1.82, 2.24) is 5.32 Å². The molecule has 0 fully saturated rings. The maximum absolute atomic E-state index is 14.3. The normalized spacial score (nSPS) is 10.5. The molecular formula is C28H26FN3O3S. The number of amides is 1. The third kappa shape index (κ3) is 6.28. The molecular weight excluding hydrogens is 477 g/mol. The molecule has 0 heterocycles. The fraction of sp³-hybridized carbons (Fsp3) is 0.107. The summed E-state index contributed by atoms with van der Waals surface area (Å²) >= 11 is 1.37. The first-order valence-corrected chi connectivity index (χ1v) is 12.1. The van der Waals surface area contributed by atoms with Crippen LogP contribution in [-0.4, -0.2) is 31.2 Å². The van der Waals surface area contributed by atoms with Crippen molar-refractivity contribution in [1.29, 1.82) is 0 Å². The highest BCUT2D eigenvalue weighted by Crippen LogP contribution is 2.35. The van der Waals surface area contributed by atoms with E-state index in [1.165, 1.54) is 24.1 Å². The quantitative estimate of drug-likeness (QED) is 0.153. The van der Waals surface area contributed by atoms with Gasteiger partial charge < -0.3 is 25.2 Å². The second-order valence-corrected chi connectivity index (χ2v) is 8.68. The van der Waals surface area contributed by atoms with Crippen molar-refractivity contribution >= 4 is 29.2 Å². The second kappa shape index (κ2) is 12.0. The molecule has 0 spiro atoms. The number of rotatable bonds is 10. The lowest BCUT2D eigenvalue weighted by molar-refractivity contribution is 0.0952. The smallest absolute Gasteiger partial charge is 0.255 e. The molecule has 4 aromatic rings. The number of carbonyl (C=O) groups excluding carboxylic acids is 1. The Labute approximate surface area is 213 Å². The number of benzene rings is 4. The topological polar surface area (TPSA) is 82.6 Å². The van der Waals surface area contributed by atoms with Gasteiger partial charge in [0.25, 0.3) is 5.91 Å². The SMILES string of the molecule is COc1ccc(-c2ccccc2F)cc1SNc1cccc(NCCNC(=O)c2ccccc2O)c1. The maximum Gasteiger partial charge on any atom is 0.255 e. The van der Waals surface area contributed by atoms with E-state index in [4.69, 9.17) is 4.74 Å². The van der Waals surface area contributed by atoms with Crippen molar-refractivity contribution in [2.75, 3.05) is 30.2 Å². The molecule has 0 saturated carbocycles. The molecule has 0 radical (unpaired) electrons. The summed E-state index contributed by atoms with van der Waals surface area (Å²) in [6.07, 6.45) is 0. The van der Waals surface area contributed by atoms with Crippen molar-refractivity contribution < 1.29 is 19.0 Å². The van der Waals surface area contributed by atoms with Gasteiger partial charge in [0, 0.05) is 30.0 Å². The number of aromatic hydroxyl groups is 1. The van der Waals surface area contributed by atoms with Gasteiger partial charge >= 0.3 is 0 Å². The fourth-order valence-electron chi connectivity index (χ4n) is 3.57. The molecule has 1 amide bonds. The molecule has 0 aromatic heterocycles. The van der Waals surface area contributed by atoms with Gasteiger partial charge in [-0.15, -0.1) is 0 Å². The lowest BCUT2D eigenvalue weighted by atomic mass is 10.1. The molecule has 0 unspecified atom stereocenters. The number of methoxy groups -OCH3 is 1. The number of phenolic OH excluding ortho intramolecular Hbond substituents is 1. The standard InChI is InChI=1S/C28H26FN3O3S/c1-35-26-14-13-19(22-9-2-4-11-24(22)29)17-27(26)36-32-21-8-6-7-20(18-21)30-15-16-31-28(34)23-10-3-5-12-25(23)33/h2-14,17-18,30,32-33H,15-16H2,1H3,(H,31,34). The summed E-state index contributed by atoms with van der Waals surface area (Å²) in [4.78, 5) is 13.0. The van der Waals surface area contributed by atoms with Crippen LogP contribution in [0, 0.1) is 5.82 Å². The number of carbonyl (C=O) groups is 1. The first kappa shape index (κ1) is 24.9. The highest BCUT2D eigenvalue weighted by atomic mass is 32.2. The zero-order chi connectivity index (χ0) is 25.3. The molecule has 0 bridgehead atoms. The zero-order valence-electron chi connectivity index (χ0n) is 19.6. The number of hydrogen-bond acceptors (Lipinski definition) is 6. The molecule has 0 aliphatic rings. The van der Waals surface area contributed by atoms with Crippen LogP contribution in [0.1, 0.15) is 10.4 Å². The molecule has 184 valence electrons. The summed E-state index contributed by atoms with van der Waals surface area (Å²) in [6, 6.07) is 26.4. The number of phenols is 1. The van der Waals surface area contributed by atoms with Gasteiger partial charge in [-0.3, -0.25) is 4.79 Å². The van der Waals surface area contributed by atoms with Gasteiger partial charge in [-0.2, -0.15) is 0 Å². The monoisotopic (exact) mass is 503 g/mol. The first-order chi connectivity index (χ1) is 17.5. The van der Waals surface area contributed by atoms with E-state index < -0.39 is 0 Å². The molecule has 6 nitrogen and oxygen atoms in total. The largest absolute Gasteiger partial charge is 0.507 e. The van der Waals surface area contributed by atoms with Crippen LogP contribution < -0.4 is 20.1 Å². The van der Waals surface area contributed by atoms with Crippen molar-refractivity contribution in [3.63, 3.8) is 0 Å². The Kier molecular flexibility index (Phi) is 8.31. The van der Waals surface area contributed by atoms with E-state index in [1.54, 1.807) is 37.4 Å². The average molecular weight is 504 g/mol. The Morgan fingerprint density at radius 1 is 0.917 bits per heavy atom. The van der Waals surface area contributed by atoms with Gasteiger partial charge in [0.05, 0.1) is 17.6 Å². The van der Waals surface area contributed by atoms with E-state index in [9.17, 15) is 14.3 Å². The van der Waals surface area contributed by atoms with E-state index >= 15 is 0 Å². The molecule has 0 saturated heterocycles. The Hall–Kier alpha value is -4.17. The van der Waals surface area contributed by atoms with E-state index in [2.05, 4.69) is 15.4 Å². The minimum atomic E-state index is -0.326. The van der Waals surface area contributed by atoms with Crippen LogP contribution in [0.5, 0.6) is 11.5 Å². The van der Waals surface area contributed by atoms with Crippen molar-refractivity contribution in [3.8, 4) is 22.6 Å². The molecule has 0 aliphatic heterocycles. The van der Waals surface area contributed by atoms with Crippen LogP contribution in [-0.2, 0) is 0 Å². The summed E-state index contributed by atoms with van der Waals surface area (Å²) < 4.78 is 23.1. The Morgan fingerprint density at radius 3 is 2.50 bits per heavy atom. The van der Waals surface area contributed by atoms with Crippen LogP contribution in [0.15, 0.2) is 95.9 Å². The minimum Gasteiger partial charge on any atom is -0.507 e. The second-order valence-electron chi connectivity index (χ2n) is 7.83. The van der Waals surface area contributed by atoms with E-state index in [-0.39, 0.29) is 23.0 Å². The Bertz CT molecular complexity index is 1350. The van der Waals surface area contributed by atoms with E-state index in [0.29, 0.717) is 24.4 Å². The third-order valence-electron chi connectivity index (χ3n) is 5.38. The molecule has 36 heavy (non-hydrogen) atoms. The number of para-hydroxylation sites is 1. The van der Waals surface area contributed by atoms with Gasteiger partial charge in [0.15, 0.2) is 0 Å². The molecule has 4 rings (SSSR count). The molecule has 4 N–H and O–H groups in total. The predicted octanol–water partition coefficient (Wildman–Crippen LogP) is 6.17. The number of halogens is 1. The third-order valence-corrected chi connectivity index (χ3v) is 6.25. The van der Waals surface area contributed by atoms with Gasteiger partial charge in [-0.1, -0.05) is 42.5 Å². The molecule has 8 heteroatoms. The summed E-state index contributed by atoms with van der Waals surface area (Å²) in [7, 11) is 1.60. The molecule has 4 aromatic carbocycles. The van der Waals surface area contributed by atoms with E-state index in [0.717, 1.165) is 21.8 Å². The van der Waals surface area contributed by atoms with Crippen LogP contribution in [0.25, 0.3) is 11.1 Å². The average Bonchev–Trinajstić information content (AvgIpc) is 2.90. The number of ether oxygens (including phenoxy) is 1. The number of anilines is 2. The first-order valence-electron chi connectivity index (χ1n) is 11.3. The van der Waals surface area contributed by atoms with Crippen LogP contribution in [0.4, 0.5) is 15.8 Å². The summed E-state index contributed by atoms with van der Waals surface area (Å²) in [5.74, 6) is 0.0350. The minimum absolute atomic E-state index is 0.0460. The lowest BCUT2D eigenvalue weighted by Gasteiger charge is -2.13. The summed E-state index contributed by atoms with van der Waals surface area (Å²) in [5.41, 5.74) is 3.28. The van der Waals surface area contributed by atoms with Crippen molar-refractivity contribution in [2.45, 2.75) is 4.90 Å². The fourth-order valence-corrected chi connectivity index (χ4v) is 4.36. The van der Waals surface area contributed by atoms with Crippen LogP contribution >= 0.6 is 11.9 Å². The zero-order valence-corrected chi connectivity index (χ0v) is 20.4. The summed E-state index contributed by atoms with van der Waals surface area (Å²) in [5, 5.41) is 15.8. The number of nitrogens with one attached hydrogen (secondary N) is 3. The van der Waals surface area contributed by atoms with E-state index in [1.807, 2.05) is 48.5 Å². The highest BCUT2D eigenvalue weighted by molar-refractivity contribution is 8.00. The Balaban J connectivity index is 1.34. The highest BCUT2D eigenvalue weighted by Gasteiger charge is 2.11. The van der Waals surface area contributed by atoms with Gasteiger partial charge in [0.1, 0.15) is 17.3 Å². The van der Waals surface area contributed by atoms with Gasteiger partial charge in [0.2, 0.25) is 0 Å². The molecule has 0 aliphatic carbocycles. The number of hydrogen-bond donors (Lipinski definition) is 4. The van der Waals surface area contributed by atoms with Crippen molar-refractivity contribution in [3.05, 3.63) is 102 Å². The van der Waals surface area contributed by atoms with Gasteiger partial charge in [-0.25, -0.2) is 4.39 Å². The maximum atomic E-state index is 14.3. The van der Waals surface area contributed by atoms with Crippen LogP contribution in [0.2, 0.25) is 0 Å². The summed E-state index contributed by atoms with van der Waals surface area (Å²) in [6.45, 7) is 0.897.